The standard InChI is InChI=1S/C13H19ClO.C6H5ClO/c1-2-3-4-5-6-8-11-9-7-10-12(14)13(11)15;7-5-1-3-6(8)4-2-5/h7,9-10,15H,2-6,8H2,1H3;1-4,8H. The fourth-order valence-corrected chi connectivity index (χ4v) is 2.44. The van der Waals surface area contributed by atoms with Crippen LogP contribution in [0, 0.1) is 0 Å². The Labute approximate surface area is 148 Å². The average molecular weight is 355 g/mol. The molecular formula is C19H24Cl2O2. The molecule has 0 aliphatic carbocycles. The SMILES string of the molecule is CCCCCCCc1cccc(Cl)c1O.Oc1ccc(Cl)cc1. The summed E-state index contributed by atoms with van der Waals surface area (Å²) in [5.41, 5.74) is 0.971. The summed E-state index contributed by atoms with van der Waals surface area (Å²) in [4.78, 5) is 0. The molecule has 2 aromatic carbocycles. The number of aryl methyl sites for hydroxylation is 1. The Hall–Kier alpha value is -1.38. The first-order chi connectivity index (χ1) is 11.0. The van der Waals surface area contributed by atoms with Gasteiger partial charge in [0.1, 0.15) is 11.5 Å². The molecule has 0 aliphatic heterocycles. The Bertz CT molecular complexity index is 547. The first-order valence-corrected chi connectivity index (χ1v) is 8.71. The highest BCUT2D eigenvalue weighted by Crippen LogP contribution is 2.28. The lowest BCUT2D eigenvalue weighted by Gasteiger charge is -2.05. The molecule has 0 heterocycles. The highest BCUT2D eigenvalue weighted by Gasteiger charge is 2.03. The molecule has 2 aromatic rings. The van der Waals surface area contributed by atoms with Gasteiger partial charge < -0.3 is 10.2 Å². The zero-order valence-electron chi connectivity index (χ0n) is 13.4. The van der Waals surface area contributed by atoms with E-state index in [0.29, 0.717) is 10.0 Å². The zero-order valence-corrected chi connectivity index (χ0v) is 14.9. The summed E-state index contributed by atoms with van der Waals surface area (Å²) in [5.74, 6) is 0.504. The van der Waals surface area contributed by atoms with Gasteiger partial charge in [0.25, 0.3) is 0 Å². The fourth-order valence-electron chi connectivity index (χ4n) is 2.12. The summed E-state index contributed by atoms with van der Waals surface area (Å²) < 4.78 is 0. The smallest absolute Gasteiger partial charge is 0.137 e. The third-order valence-electron chi connectivity index (χ3n) is 3.45. The number of unbranched alkanes of at least 4 members (excludes halogenated alkanes) is 4. The number of aromatic hydroxyl groups is 2. The van der Waals surface area contributed by atoms with E-state index < -0.39 is 0 Å². The second-order valence-electron chi connectivity index (χ2n) is 5.39. The molecule has 0 unspecified atom stereocenters. The largest absolute Gasteiger partial charge is 0.508 e. The van der Waals surface area contributed by atoms with E-state index in [1.165, 1.54) is 25.7 Å². The van der Waals surface area contributed by atoms with Gasteiger partial charge in [-0.25, -0.2) is 0 Å². The number of rotatable bonds is 6. The maximum atomic E-state index is 9.67. The lowest BCUT2D eigenvalue weighted by molar-refractivity contribution is 0.466. The lowest BCUT2D eigenvalue weighted by atomic mass is 10.0. The van der Waals surface area contributed by atoms with E-state index in [1.807, 2.05) is 12.1 Å². The first-order valence-electron chi connectivity index (χ1n) is 7.95. The van der Waals surface area contributed by atoms with Gasteiger partial charge in [0.2, 0.25) is 0 Å². The molecule has 0 aliphatic rings. The third-order valence-corrected chi connectivity index (χ3v) is 4.00. The Kier molecular flexibility index (Phi) is 9.58. The van der Waals surface area contributed by atoms with Gasteiger partial charge in [0.15, 0.2) is 0 Å². The molecule has 23 heavy (non-hydrogen) atoms. The maximum Gasteiger partial charge on any atom is 0.137 e. The van der Waals surface area contributed by atoms with Crippen molar-refractivity contribution in [1.82, 2.24) is 0 Å². The predicted octanol–water partition coefficient (Wildman–Crippen LogP) is 6.60. The number of para-hydroxylation sites is 1. The minimum absolute atomic E-state index is 0.245. The quantitative estimate of drug-likeness (QED) is 0.573. The van der Waals surface area contributed by atoms with Gasteiger partial charge in [-0.05, 0) is 48.7 Å². The number of benzene rings is 2. The van der Waals surface area contributed by atoms with Crippen LogP contribution in [0.25, 0.3) is 0 Å². The summed E-state index contributed by atoms with van der Waals surface area (Å²) in [6.45, 7) is 2.21. The van der Waals surface area contributed by atoms with Crippen molar-refractivity contribution in [2.75, 3.05) is 0 Å². The minimum atomic E-state index is 0.245. The number of hydrogen-bond donors (Lipinski definition) is 2. The molecule has 2 rings (SSSR count). The maximum absolute atomic E-state index is 9.67. The van der Waals surface area contributed by atoms with Crippen LogP contribution in [0.3, 0.4) is 0 Å². The minimum Gasteiger partial charge on any atom is -0.508 e. The van der Waals surface area contributed by atoms with Gasteiger partial charge in [-0.3, -0.25) is 0 Å². The summed E-state index contributed by atoms with van der Waals surface area (Å²) in [5, 5.41) is 19.5. The normalized spacial score (nSPS) is 10.0. The number of hydrogen-bond acceptors (Lipinski definition) is 2. The van der Waals surface area contributed by atoms with E-state index in [1.54, 1.807) is 30.3 Å². The van der Waals surface area contributed by atoms with E-state index in [2.05, 4.69) is 6.92 Å². The average Bonchev–Trinajstić information content (AvgIpc) is 2.54. The highest BCUT2D eigenvalue weighted by atomic mass is 35.5. The van der Waals surface area contributed by atoms with Gasteiger partial charge in [-0.1, -0.05) is 67.9 Å². The lowest BCUT2D eigenvalue weighted by Crippen LogP contribution is -1.87. The van der Waals surface area contributed by atoms with Crippen LogP contribution in [-0.4, -0.2) is 10.2 Å². The van der Waals surface area contributed by atoms with Gasteiger partial charge in [0.05, 0.1) is 5.02 Å². The van der Waals surface area contributed by atoms with Gasteiger partial charge >= 0.3 is 0 Å². The molecule has 126 valence electrons. The van der Waals surface area contributed by atoms with E-state index in [-0.39, 0.29) is 11.5 Å². The van der Waals surface area contributed by atoms with Crippen molar-refractivity contribution in [2.45, 2.75) is 45.4 Å². The predicted molar refractivity (Wildman–Crippen MR) is 98.7 cm³/mol. The molecule has 2 nitrogen and oxygen atoms in total. The van der Waals surface area contributed by atoms with Crippen LogP contribution in [0.4, 0.5) is 0 Å². The Morgan fingerprint density at radius 3 is 2.09 bits per heavy atom. The molecule has 4 heteroatoms. The Morgan fingerprint density at radius 2 is 1.48 bits per heavy atom. The van der Waals surface area contributed by atoms with Crippen LogP contribution in [0.2, 0.25) is 10.0 Å². The first kappa shape index (κ1) is 19.7. The van der Waals surface area contributed by atoms with E-state index in [9.17, 15) is 5.11 Å². The molecule has 0 fully saturated rings. The fraction of sp³-hybridized carbons (Fsp3) is 0.368. The molecule has 0 aromatic heterocycles. The van der Waals surface area contributed by atoms with Gasteiger partial charge in [-0.2, -0.15) is 0 Å². The summed E-state index contributed by atoms with van der Waals surface area (Å²) in [7, 11) is 0. The molecule has 0 bridgehead atoms. The molecule has 0 radical (unpaired) electrons. The van der Waals surface area contributed by atoms with Crippen molar-refractivity contribution in [3.05, 3.63) is 58.1 Å². The number of phenols is 2. The molecule has 0 saturated heterocycles. The van der Waals surface area contributed by atoms with Crippen molar-refractivity contribution in [2.24, 2.45) is 0 Å². The van der Waals surface area contributed by atoms with Crippen LogP contribution in [0.15, 0.2) is 42.5 Å². The van der Waals surface area contributed by atoms with Crippen LogP contribution >= 0.6 is 23.2 Å². The van der Waals surface area contributed by atoms with Crippen LogP contribution in [-0.2, 0) is 6.42 Å². The van der Waals surface area contributed by atoms with Crippen LogP contribution < -0.4 is 0 Å². The Balaban J connectivity index is 0.000000277. The third kappa shape index (κ3) is 8.15. The summed E-state index contributed by atoms with van der Waals surface area (Å²) >= 11 is 11.3. The molecule has 0 saturated carbocycles. The number of phenolic OH excluding ortho intramolecular Hbond substituents is 2. The molecular weight excluding hydrogens is 331 g/mol. The van der Waals surface area contributed by atoms with Crippen molar-refractivity contribution < 1.29 is 10.2 Å². The van der Waals surface area contributed by atoms with Crippen molar-refractivity contribution in [3.63, 3.8) is 0 Å². The van der Waals surface area contributed by atoms with E-state index in [0.717, 1.165) is 18.4 Å². The van der Waals surface area contributed by atoms with E-state index >= 15 is 0 Å². The summed E-state index contributed by atoms with van der Waals surface area (Å²) in [6, 6.07) is 11.9. The molecule has 0 spiro atoms. The van der Waals surface area contributed by atoms with Crippen molar-refractivity contribution in [1.29, 1.82) is 0 Å². The molecule has 2 N–H and O–H groups in total. The highest BCUT2D eigenvalue weighted by molar-refractivity contribution is 6.32. The topological polar surface area (TPSA) is 40.5 Å². The number of halogens is 2. The van der Waals surface area contributed by atoms with Crippen LogP contribution in [0.1, 0.15) is 44.6 Å². The second kappa shape index (κ2) is 11.2. The monoisotopic (exact) mass is 354 g/mol. The van der Waals surface area contributed by atoms with Crippen molar-refractivity contribution >= 4 is 23.2 Å². The van der Waals surface area contributed by atoms with Crippen LogP contribution in [0.5, 0.6) is 11.5 Å². The molecule has 0 atom stereocenters. The zero-order chi connectivity index (χ0) is 17.1. The van der Waals surface area contributed by atoms with Gasteiger partial charge in [-0.15, -0.1) is 0 Å². The summed E-state index contributed by atoms with van der Waals surface area (Å²) in [6.07, 6.45) is 7.16. The molecule has 0 amide bonds. The second-order valence-corrected chi connectivity index (χ2v) is 6.23. The van der Waals surface area contributed by atoms with Gasteiger partial charge in [0, 0.05) is 5.02 Å². The van der Waals surface area contributed by atoms with E-state index in [4.69, 9.17) is 28.3 Å². The Morgan fingerprint density at radius 1 is 0.826 bits per heavy atom. The van der Waals surface area contributed by atoms with Crippen molar-refractivity contribution in [3.8, 4) is 11.5 Å².